The van der Waals surface area contributed by atoms with Crippen LogP contribution in [0.4, 0.5) is 5.69 Å². The number of hydrogen-bond donors (Lipinski definition) is 3. The molecule has 8 nitrogen and oxygen atoms in total. The Labute approximate surface area is 101 Å². The number of H-pyrrole nitrogens is 1. The van der Waals surface area contributed by atoms with E-state index in [-0.39, 0.29) is 11.4 Å². The van der Waals surface area contributed by atoms with Crippen molar-refractivity contribution in [3.63, 3.8) is 0 Å². The van der Waals surface area contributed by atoms with Gasteiger partial charge in [-0.15, -0.1) is 10.2 Å². The molecule has 8 heteroatoms. The van der Waals surface area contributed by atoms with Crippen LogP contribution in [0.15, 0.2) is 18.2 Å². The molecule has 0 radical (unpaired) electrons. The molecule has 92 valence electrons. The summed E-state index contributed by atoms with van der Waals surface area (Å²) in [7, 11) is 0. The molecule has 0 unspecified atom stereocenters. The first-order valence-corrected chi connectivity index (χ1v) is 4.96. The van der Waals surface area contributed by atoms with E-state index in [0.717, 1.165) is 0 Å². The van der Waals surface area contributed by atoms with E-state index >= 15 is 0 Å². The Morgan fingerprint density at radius 3 is 2.72 bits per heavy atom. The van der Waals surface area contributed by atoms with Crippen LogP contribution >= 0.6 is 0 Å². The zero-order chi connectivity index (χ0) is 13.1. The van der Waals surface area contributed by atoms with Crippen LogP contribution in [-0.4, -0.2) is 37.6 Å². The lowest BCUT2D eigenvalue weighted by Gasteiger charge is -2.07. The van der Waals surface area contributed by atoms with E-state index in [4.69, 9.17) is 5.11 Å². The average molecular weight is 247 g/mol. The maximum atomic E-state index is 11.6. The molecule has 1 heterocycles. The van der Waals surface area contributed by atoms with Gasteiger partial charge in [-0.25, -0.2) is 4.79 Å². The number of amides is 1. The van der Waals surface area contributed by atoms with Crippen molar-refractivity contribution in [3.05, 3.63) is 35.2 Å². The summed E-state index contributed by atoms with van der Waals surface area (Å²) in [5.41, 5.74) is 1.28. The number of nitrogens with one attached hydrogen (secondary N) is 2. The van der Waals surface area contributed by atoms with E-state index in [0.29, 0.717) is 11.3 Å². The number of rotatable bonds is 3. The first-order chi connectivity index (χ1) is 8.58. The van der Waals surface area contributed by atoms with Gasteiger partial charge in [0.25, 0.3) is 11.7 Å². The minimum absolute atomic E-state index is 0.0864. The lowest BCUT2D eigenvalue weighted by molar-refractivity contribution is 0.0696. The van der Waals surface area contributed by atoms with E-state index < -0.39 is 11.9 Å². The number of benzene rings is 1. The van der Waals surface area contributed by atoms with Crippen LogP contribution in [0, 0.1) is 6.92 Å². The fourth-order valence-electron chi connectivity index (χ4n) is 1.37. The van der Waals surface area contributed by atoms with Gasteiger partial charge < -0.3 is 10.4 Å². The molecule has 0 saturated carbocycles. The Bertz CT molecular complexity index is 594. The van der Waals surface area contributed by atoms with Crippen molar-refractivity contribution in [1.82, 2.24) is 20.6 Å². The molecule has 0 aliphatic rings. The minimum Gasteiger partial charge on any atom is -0.478 e. The van der Waals surface area contributed by atoms with E-state index in [2.05, 4.69) is 25.9 Å². The van der Waals surface area contributed by atoms with Gasteiger partial charge in [0, 0.05) is 5.69 Å². The molecular formula is C10H9N5O3. The highest BCUT2D eigenvalue weighted by Crippen LogP contribution is 2.17. The van der Waals surface area contributed by atoms with Gasteiger partial charge in [0.1, 0.15) is 0 Å². The van der Waals surface area contributed by atoms with Crippen molar-refractivity contribution in [1.29, 1.82) is 0 Å². The number of aromatic amines is 1. The summed E-state index contributed by atoms with van der Waals surface area (Å²) < 4.78 is 0. The van der Waals surface area contributed by atoms with Crippen molar-refractivity contribution >= 4 is 17.6 Å². The van der Waals surface area contributed by atoms with Crippen LogP contribution in [0.25, 0.3) is 0 Å². The normalized spacial score (nSPS) is 10.1. The number of carbonyl (C=O) groups is 2. The molecule has 2 aromatic rings. The molecule has 0 aliphatic heterocycles. The smallest absolute Gasteiger partial charge is 0.335 e. The minimum atomic E-state index is -1.02. The second kappa shape index (κ2) is 4.62. The third-order valence-corrected chi connectivity index (χ3v) is 2.27. The van der Waals surface area contributed by atoms with E-state index in [1.54, 1.807) is 6.92 Å². The number of hydrogen-bond acceptors (Lipinski definition) is 5. The summed E-state index contributed by atoms with van der Waals surface area (Å²) in [6, 6.07) is 4.38. The van der Waals surface area contributed by atoms with Gasteiger partial charge in [0.15, 0.2) is 0 Å². The van der Waals surface area contributed by atoms with Crippen LogP contribution in [0.3, 0.4) is 0 Å². The fraction of sp³-hybridized carbons (Fsp3) is 0.100. The highest BCUT2D eigenvalue weighted by molar-refractivity contribution is 6.02. The average Bonchev–Trinajstić information content (AvgIpc) is 2.85. The molecule has 0 aliphatic carbocycles. The molecule has 1 aromatic carbocycles. The van der Waals surface area contributed by atoms with Crippen molar-refractivity contribution in [2.45, 2.75) is 6.92 Å². The Morgan fingerprint density at radius 1 is 1.39 bits per heavy atom. The van der Waals surface area contributed by atoms with E-state index in [9.17, 15) is 9.59 Å². The number of tetrazole rings is 1. The summed E-state index contributed by atoms with van der Waals surface area (Å²) >= 11 is 0. The second-order valence-corrected chi connectivity index (χ2v) is 3.52. The van der Waals surface area contributed by atoms with Crippen molar-refractivity contribution < 1.29 is 14.7 Å². The van der Waals surface area contributed by atoms with Crippen LogP contribution in [0.1, 0.15) is 26.5 Å². The van der Waals surface area contributed by atoms with Gasteiger partial charge in [0.2, 0.25) is 0 Å². The Balaban J connectivity index is 2.20. The number of anilines is 1. The number of carbonyl (C=O) groups excluding carboxylic acids is 1. The molecule has 18 heavy (non-hydrogen) atoms. The number of aromatic carboxylic acids is 1. The molecule has 2 rings (SSSR count). The molecule has 3 N–H and O–H groups in total. The second-order valence-electron chi connectivity index (χ2n) is 3.52. The van der Waals surface area contributed by atoms with Crippen molar-refractivity contribution in [3.8, 4) is 0 Å². The molecule has 0 fully saturated rings. The quantitative estimate of drug-likeness (QED) is 0.724. The van der Waals surface area contributed by atoms with Crippen molar-refractivity contribution in [2.24, 2.45) is 0 Å². The zero-order valence-corrected chi connectivity index (χ0v) is 9.34. The molecule has 0 saturated heterocycles. The fourth-order valence-corrected chi connectivity index (χ4v) is 1.37. The van der Waals surface area contributed by atoms with Gasteiger partial charge in [-0.05, 0) is 35.9 Å². The summed E-state index contributed by atoms with van der Waals surface area (Å²) in [6.45, 7) is 1.69. The molecule has 0 bridgehead atoms. The van der Waals surface area contributed by atoms with Crippen LogP contribution in [-0.2, 0) is 0 Å². The topological polar surface area (TPSA) is 121 Å². The van der Waals surface area contributed by atoms with E-state index in [1.807, 2.05) is 0 Å². The van der Waals surface area contributed by atoms with Gasteiger partial charge in [0.05, 0.1) is 5.56 Å². The third kappa shape index (κ3) is 2.32. The van der Waals surface area contributed by atoms with Crippen molar-refractivity contribution in [2.75, 3.05) is 5.32 Å². The number of carboxylic acids is 1. The summed E-state index contributed by atoms with van der Waals surface area (Å²) in [4.78, 5) is 22.4. The molecule has 1 amide bonds. The Hall–Kier alpha value is -2.77. The van der Waals surface area contributed by atoms with E-state index in [1.165, 1.54) is 18.2 Å². The Morgan fingerprint density at radius 2 is 2.17 bits per heavy atom. The van der Waals surface area contributed by atoms with Gasteiger partial charge in [-0.1, -0.05) is 0 Å². The van der Waals surface area contributed by atoms with Gasteiger partial charge in [-0.3, -0.25) is 4.79 Å². The number of aryl methyl sites for hydroxylation is 1. The number of carboxylic acid groups (broad SMARTS) is 1. The Kier molecular flexibility index (Phi) is 3.00. The van der Waals surface area contributed by atoms with Crippen LogP contribution in [0.2, 0.25) is 0 Å². The monoisotopic (exact) mass is 247 g/mol. The lowest BCUT2D eigenvalue weighted by atomic mass is 10.1. The van der Waals surface area contributed by atoms with Gasteiger partial charge in [-0.2, -0.15) is 5.21 Å². The molecule has 0 spiro atoms. The SMILES string of the molecule is Cc1cc(C(=O)O)ccc1NC(=O)c1nn[nH]n1. The predicted molar refractivity (Wildman–Crippen MR) is 60.3 cm³/mol. The summed E-state index contributed by atoms with van der Waals surface area (Å²) in [5, 5.41) is 23.9. The maximum absolute atomic E-state index is 11.6. The highest BCUT2D eigenvalue weighted by Gasteiger charge is 2.13. The zero-order valence-electron chi connectivity index (χ0n) is 9.34. The number of aromatic nitrogens is 4. The largest absolute Gasteiger partial charge is 0.478 e. The first-order valence-electron chi connectivity index (χ1n) is 4.96. The molecule has 0 atom stereocenters. The standard InChI is InChI=1S/C10H9N5O3/c1-5-4-6(10(17)18)2-3-7(5)11-9(16)8-12-14-15-13-8/h2-4H,1H3,(H,11,16)(H,17,18)(H,12,13,14,15). The van der Waals surface area contributed by atoms with Crippen LogP contribution < -0.4 is 5.32 Å². The summed E-state index contributed by atoms with van der Waals surface area (Å²) in [6.07, 6.45) is 0. The predicted octanol–water partition coefficient (Wildman–Crippen LogP) is 0.459. The highest BCUT2D eigenvalue weighted by atomic mass is 16.4. The maximum Gasteiger partial charge on any atom is 0.335 e. The summed E-state index contributed by atoms with van der Waals surface area (Å²) in [5.74, 6) is -1.62. The molecule has 1 aromatic heterocycles. The van der Waals surface area contributed by atoms with Crippen LogP contribution in [0.5, 0.6) is 0 Å². The lowest BCUT2D eigenvalue weighted by Crippen LogP contribution is -2.15. The number of nitrogens with zero attached hydrogens (tertiary/aromatic N) is 3. The molecular weight excluding hydrogens is 238 g/mol. The van der Waals surface area contributed by atoms with Gasteiger partial charge >= 0.3 is 5.97 Å². The third-order valence-electron chi connectivity index (χ3n) is 2.27. The first kappa shape index (κ1) is 11.7.